The summed E-state index contributed by atoms with van der Waals surface area (Å²) in [5, 5.41) is 2.83. The van der Waals surface area contributed by atoms with Crippen LogP contribution >= 0.6 is 0 Å². The fourth-order valence-corrected chi connectivity index (χ4v) is 2.33. The van der Waals surface area contributed by atoms with Crippen molar-refractivity contribution in [2.45, 2.75) is 39.2 Å². The van der Waals surface area contributed by atoms with Crippen molar-refractivity contribution in [3.8, 4) is 0 Å². The van der Waals surface area contributed by atoms with E-state index in [4.69, 9.17) is 5.73 Å². The van der Waals surface area contributed by atoms with Crippen LogP contribution in [0.2, 0.25) is 0 Å². The van der Waals surface area contributed by atoms with Gasteiger partial charge >= 0.3 is 0 Å². The van der Waals surface area contributed by atoms with Crippen LogP contribution in [0.5, 0.6) is 0 Å². The summed E-state index contributed by atoms with van der Waals surface area (Å²) >= 11 is 0. The van der Waals surface area contributed by atoms with Crippen LogP contribution in [0.4, 0.5) is 11.5 Å². The molecule has 2 rings (SSSR count). The van der Waals surface area contributed by atoms with Crippen LogP contribution in [0, 0.1) is 5.92 Å². The minimum Gasteiger partial charge on any atom is -0.357 e. The molecule has 3 N–H and O–H groups in total. The molecular formula is C15H24N4O. The van der Waals surface area contributed by atoms with Gasteiger partial charge in [0.05, 0.1) is 17.9 Å². The van der Waals surface area contributed by atoms with Crippen LogP contribution in [0.25, 0.3) is 0 Å². The molecule has 1 aliphatic heterocycles. The van der Waals surface area contributed by atoms with Gasteiger partial charge in [0, 0.05) is 13.1 Å². The van der Waals surface area contributed by atoms with Crippen LogP contribution in [0.1, 0.15) is 33.1 Å². The summed E-state index contributed by atoms with van der Waals surface area (Å²) in [7, 11) is 0. The standard InChI is InChI=1S/C15H24N4O/c1-3-11(2)14(16)15(20)18-12-6-7-13(17-10-12)19-8-4-5-9-19/h6-7,10-11,14H,3-5,8-9,16H2,1-2H3,(H,18,20). The third kappa shape index (κ3) is 3.48. The average Bonchev–Trinajstić information content (AvgIpc) is 3.00. The first-order chi connectivity index (χ1) is 9.61. The number of rotatable bonds is 5. The fraction of sp³-hybridized carbons (Fsp3) is 0.600. The van der Waals surface area contributed by atoms with Crippen molar-refractivity contribution < 1.29 is 4.79 Å². The Bertz CT molecular complexity index is 440. The Balaban J connectivity index is 1.94. The van der Waals surface area contributed by atoms with E-state index in [2.05, 4.69) is 15.2 Å². The molecule has 110 valence electrons. The smallest absolute Gasteiger partial charge is 0.241 e. The second-order valence-electron chi connectivity index (χ2n) is 5.50. The van der Waals surface area contributed by atoms with E-state index in [1.54, 1.807) is 6.20 Å². The number of nitrogens with zero attached hydrogens (tertiary/aromatic N) is 2. The number of nitrogens with two attached hydrogens (primary N) is 1. The number of nitrogens with one attached hydrogen (secondary N) is 1. The maximum atomic E-state index is 12.0. The number of carbonyl (C=O) groups is 1. The fourth-order valence-electron chi connectivity index (χ4n) is 2.33. The molecule has 0 spiro atoms. The molecule has 1 aromatic rings. The first-order valence-corrected chi connectivity index (χ1v) is 7.39. The number of pyridine rings is 1. The summed E-state index contributed by atoms with van der Waals surface area (Å²) in [6, 6.07) is 3.37. The highest BCUT2D eigenvalue weighted by Crippen LogP contribution is 2.19. The molecule has 5 nitrogen and oxygen atoms in total. The summed E-state index contributed by atoms with van der Waals surface area (Å²) < 4.78 is 0. The number of anilines is 2. The molecular weight excluding hydrogens is 252 g/mol. The number of hydrogen-bond acceptors (Lipinski definition) is 4. The Morgan fingerprint density at radius 1 is 1.45 bits per heavy atom. The van der Waals surface area contributed by atoms with Gasteiger partial charge in [-0.3, -0.25) is 4.79 Å². The third-order valence-electron chi connectivity index (χ3n) is 4.01. The second kappa shape index (κ2) is 6.70. The van der Waals surface area contributed by atoms with E-state index in [0.29, 0.717) is 5.69 Å². The van der Waals surface area contributed by atoms with Gasteiger partial charge in [0.25, 0.3) is 0 Å². The molecule has 0 aliphatic carbocycles. The molecule has 1 saturated heterocycles. The van der Waals surface area contributed by atoms with Crippen molar-refractivity contribution in [1.29, 1.82) is 0 Å². The average molecular weight is 276 g/mol. The number of aromatic nitrogens is 1. The molecule has 5 heteroatoms. The molecule has 0 saturated carbocycles. The number of hydrogen-bond donors (Lipinski definition) is 2. The number of carbonyl (C=O) groups excluding carboxylic acids is 1. The quantitative estimate of drug-likeness (QED) is 0.863. The Hall–Kier alpha value is -1.62. The lowest BCUT2D eigenvalue weighted by Crippen LogP contribution is -2.40. The minimum absolute atomic E-state index is 0.143. The first-order valence-electron chi connectivity index (χ1n) is 7.39. The van der Waals surface area contributed by atoms with Crippen LogP contribution in [-0.4, -0.2) is 30.0 Å². The molecule has 1 amide bonds. The van der Waals surface area contributed by atoms with E-state index >= 15 is 0 Å². The van der Waals surface area contributed by atoms with Gasteiger partial charge in [0.1, 0.15) is 5.82 Å². The highest BCUT2D eigenvalue weighted by atomic mass is 16.2. The van der Waals surface area contributed by atoms with Crippen molar-refractivity contribution in [2.24, 2.45) is 11.7 Å². The molecule has 1 aliphatic rings. The lowest BCUT2D eigenvalue weighted by atomic mass is 9.99. The predicted molar refractivity (Wildman–Crippen MR) is 81.7 cm³/mol. The molecule has 2 heterocycles. The van der Waals surface area contributed by atoms with Gasteiger partial charge in [-0.1, -0.05) is 20.3 Å². The van der Waals surface area contributed by atoms with Crippen molar-refractivity contribution in [3.63, 3.8) is 0 Å². The van der Waals surface area contributed by atoms with Crippen LogP contribution in [0.15, 0.2) is 18.3 Å². The van der Waals surface area contributed by atoms with E-state index in [-0.39, 0.29) is 11.8 Å². The number of amides is 1. The molecule has 2 unspecified atom stereocenters. The minimum atomic E-state index is -0.474. The zero-order chi connectivity index (χ0) is 14.5. The maximum Gasteiger partial charge on any atom is 0.241 e. The molecule has 0 radical (unpaired) electrons. The summed E-state index contributed by atoms with van der Waals surface area (Å²) in [5.74, 6) is 1.01. The Labute approximate surface area is 120 Å². The van der Waals surface area contributed by atoms with Crippen LogP contribution in [-0.2, 0) is 4.79 Å². The third-order valence-corrected chi connectivity index (χ3v) is 4.01. The predicted octanol–water partition coefficient (Wildman–Crippen LogP) is 1.99. The normalized spacial score (nSPS) is 17.9. The van der Waals surface area contributed by atoms with Crippen molar-refractivity contribution >= 4 is 17.4 Å². The van der Waals surface area contributed by atoms with E-state index < -0.39 is 6.04 Å². The second-order valence-corrected chi connectivity index (χ2v) is 5.50. The van der Waals surface area contributed by atoms with Gasteiger partial charge in [-0.25, -0.2) is 4.98 Å². The SMILES string of the molecule is CCC(C)C(N)C(=O)Nc1ccc(N2CCCC2)nc1. The van der Waals surface area contributed by atoms with Gasteiger partial charge < -0.3 is 16.0 Å². The highest BCUT2D eigenvalue weighted by molar-refractivity contribution is 5.94. The highest BCUT2D eigenvalue weighted by Gasteiger charge is 2.19. The van der Waals surface area contributed by atoms with Gasteiger partial charge in [-0.2, -0.15) is 0 Å². The molecule has 0 bridgehead atoms. The Morgan fingerprint density at radius 3 is 2.70 bits per heavy atom. The molecule has 0 aromatic carbocycles. The largest absolute Gasteiger partial charge is 0.357 e. The molecule has 1 aromatic heterocycles. The Morgan fingerprint density at radius 2 is 2.15 bits per heavy atom. The maximum absolute atomic E-state index is 12.0. The summed E-state index contributed by atoms with van der Waals surface area (Å²) in [6.45, 7) is 6.15. The van der Waals surface area contributed by atoms with E-state index in [0.717, 1.165) is 25.3 Å². The van der Waals surface area contributed by atoms with Gasteiger partial charge in [-0.05, 0) is 30.9 Å². The first kappa shape index (κ1) is 14.8. The van der Waals surface area contributed by atoms with Crippen molar-refractivity contribution in [1.82, 2.24) is 4.98 Å². The zero-order valence-corrected chi connectivity index (χ0v) is 12.3. The lowest BCUT2D eigenvalue weighted by molar-refractivity contribution is -0.118. The van der Waals surface area contributed by atoms with Gasteiger partial charge in [-0.15, -0.1) is 0 Å². The summed E-state index contributed by atoms with van der Waals surface area (Å²) in [6.07, 6.45) is 5.05. The molecule has 20 heavy (non-hydrogen) atoms. The zero-order valence-electron chi connectivity index (χ0n) is 12.3. The topological polar surface area (TPSA) is 71.2 Å². The molecule has 1 fully saturated rings. The summed E-state index contributed by atoms with van der Waals surface area (Å²) in [5.41, 5.74) is 6.61. The van der Waals surface area contributed by atoms with E-state index in [9.17, 15) is 4.79 Å². The van der Waals surface area contributed by atoms with E-state index in [1.807, 2.05) is 26.0 Å². The van der Waals surface area contributed by atoms with Gasteiger partial charge in [0.2, 0.25) is 5.91 Å². The monoisotopic (exact) mass is 276 g/mol. The molecule has 2 atom stereocenters. The van der Waals surface area contributed by atoms with Crippen LogP contribution < -0.4 is 16.0 Å². The van der Waals surface area contributed by atoms with Crippen molar-refractivity contribution in [2.75, 3.05) is 23.3 Å². The van der Waals surface area contributed by atoms with Crippen molar-refractivity contribution in [3.05, 3.63) is 18.3 Å². The lowest BCUT2D eigenvalue weighted by Gasteiger charge is -2.19. The van der Waals surface area contributed by atoms with E-state index in [1.165, 1.54) is 12.8 Å². The van der Waals surface area contributed by atoms with Gasteiger partial charge in [0.15, 0.2) is 0 Å². The Kier molecular flexibility index (Phi) is 4.95. The summed E-state index contributed by atoms with van der Waals surface area (Å²) in [4.78, 5) is 18.6. The van der Waals surface area contributed by atoms with Crippen LogP contribution in [0.3, 0.4) is 0 Å².